The maximum absolute atomic E-state index is 4.69. The molecule has 21 heavy (non-hydrogen) atoms. The molecule has 5 nitrogen and oxygen atoms in total. The molecular weight excluding hydrogens is 262 g/mol. The van der Waals surface area contributed by atoms with E-state index in [4.69, 9.17) is 5.10 Å². The molecule has 0 atom stereocenters. The number of hydrogen-bond acceptors (Lipinski definition) is 4. The van der Waals surface area contributed by atoms with Gasteiger partial charge in [-0.3, -0.25) is 0 Å². The van der Waals surface area contributed by atoms with Crippen LogP contribution in [0.25, 0.3) is 5.52 Å². The molecule has 0 spiro atoms. The summed E-state index contributed by atoms with van der Waals surface area (Å²) in [6, 6.07) is 2.16. The Bertz CT molecular complexity index is 582. The van der Waals surface area contributed by atoms with Gasteiger partial charge in [0.25, 0.3) is 0 Å². The van der Waals surface area contributed by atoms with E-state index in [1.54, 1.807) is 0 Å². The molecule has 2 rings (SSSR count). The van der Waals surface area contributed by atoms with Crippen LogP contribution in [0.2, 0.25) is 0 Å². The Labute approximate surface area is 127 Å². The fourth-order valence-electron chi connectivity index (χ4n) is 2.32. The number of fused-ring (bicyclic) bond motifs is 1. The monoisotopic (exact) mass is 289 g/mol. The zero-order valence-electron chi connectivity index (χ0n) is 13.8. The van der Waals surface area contributed by atoms with Gasteiger partial charge in [0, 0.05) is 37.4 Å². The van der Waals surface area contributed by atoms with Crippen LogP contribution in [0.5, 0.6) is 0 Å². The van der Waals surface area contributed by atoms with Crippen molar-refractivity contribution in [2.45, 2.75) is 40.0 Å². The highest BCUT2D eigenvalue weighted by Crippen LogP contribution is 2.26. The number of anilines is 1. The molecule has 0 aliphatic heterocycles. The van der Waals surface area contributed by atoms with Gasteiger partial charge in [-0.15, -0.1) is 0 Å². The summed E-state index contributed by atoms with van der Waals surface area (Å²) in [6.07, 6.45) is 3.75. The maximum Gasteiger partial charge on any atom is 0.154 e. The van der Waals surface area contributed by atoms with Crippen molar-refractivity contribution < 1.29 is 0 Å². The average Bonchev–Trinajstić information content (AvgIpc) is 2.88. The van der Waals surface area contributed by atoms with E-state index in [-0.39, 0.29) is 5.41 Å². The second-order valence-corrected chi connectivity index (χ2v) is 6.29. The molecule has 2 heterocycles. The van der Waals surface area contributed by atoms with Crippen LogP contribution in [0.15, 0.2) is 18.5 Å². The topological polar surface area (TPSA) is 45.5 Å². The molecule has 0 saturated heterocycles. The number of hydrogen-bond donors (Lipinski definition) is 1. The molecule has 0 unspecified atom stereocenters. The fraction of sp³-hybridized carbons (Fsp3) is 0.625. The van der Waals surface area contributed by atoms with Crippen LogP contribution in [0.4, 0.5) is 5.82 Å². The summed E-state index contributed by atoms with van der Waals surface area (Å²) in [5, 5.41) is 8.06. The second kappa shape index (κ2) is 6.43. The van der Waals surface area contributed by atoms with Crippen LogP contribution < -0.4 is 10.2 Å². The average molecular weight is 289 g/mol. The van der Waals surface area contributed by atoms with E-state index >= 15 is 0 Å². The minimum absolute atomic E-state index is 0.0457. The SMILES string of the molecule is CCNCCN(CC)c1nccn2nc(C(C)(C)C)cc12. The third kappa shape index (κ3) is 3.53. The first-order chi connectivity index (χ1) is 9.97. The van der Waals surface area contributed by atoms with Crippen molar-refractivity contribution in [1.82, 2.24) is 19.9 Å². The van der Waals surface area contributed by atoms with Gasteiger partial charge in [0.2, 0.25) is 0 Å². The van der Waals surface area contributed by atoms with Gasteiger partial charge in [-0.25, -0.2) is 9.50 Å². The number of likely N-dealkylation sites (N-methyl/N-ethyl adjacent to an activating group) is 2. The normalized spacial score (nSPS) is 12.0. The van der Waals surface area contributed by atoms with E-state index < -0.39 is 0 Å². The summed E-state index contributed by atoms with van der Waals surface area (Å²) in [7, 11) is 0. The molecule has 0 aromatic carbocycles. The lowest BCUT2D eigenvalue weighted by atomic mass is 9.92. The Kier molecular flexibility index (Phi) is 4.83. The Morgan fingerprint density at radius 3 is 2.67 bits per heavy atom. The van der Waals surface area contributed by atoms with Crippen molar-refractivity contribution in [1.29, 1.82) is 0 Å². The lowest BCUT2D eigenvalue weighted by Crippen LogP contribution is -2.32. The van der Waals surface area contributed by atoms with Crippen molar-refractivity contribution in [3.63, 3.8) is 0 Å². The summed E-state index contributed by atoms with van der Waals surface area (Å²) < 4.78 is 1.94. The van der Waals surface area contributed by atoms with Gasteiger partial charge in [0.05, 0.1) is 5.69 Å². The minimum atomic E-state index is 0.0457. The maximum atomic E-state index is 4.69. The summed E-state index contributed by atoms with van der Waals surface area (Å²) >= 11 is 0. The third-order valence-electron chi connectivity index (χ3n) is 3.63. The van der Waals surface area contributed by atoms with E-state index in [0.29, 0.717) is 0 Å². The third-order valence-corrected chi connectivity index (χ3v) is 3.63. The van der Waals surface area contributed by atoms with Crippen LogP contribution in [0.1, 0.15) is 40.3 Å². The van der Waals surface area contributed by atoms with Crippen LogP contribution in [0, 0.1) is 0 Å². The van der Waals surface area contributed by atoms with E-state index in [2.05, 4.69) is 55.9 Å². The Morgan fingerprint density at radius 1 is 1.29 bits per heavy atom. The Balaban J connectivity index is 2.36. The van der Waals surface area contributed by atoms with Crippen molar-refractivity contribution in [3.05, 3.63) is 24.2 Å². The van der Waals surface area contributed by atoms with Gasteiger partial charge >= 0.3 is 0 Å². The second-order valence-electron chi connectivity index (χ2n) is 6.29. The Morgan fingerprint density at radius 2 is 2.05 bits per heavy atom. The molecule has 0 bridgehead atoms. The first-order valence-electron chi connectivity index (χ1n) is 7.78. The predicted octanol–water partition coefficient (Wildman–Crippen LogP) is 2.46. The molecular formula is C16H27N5. The van der Waals surface area contributed by atoms with Crippen molar-refractivity contribution >= 4 is 11.3 Å². The zero-order chi connectivity index (χ0) is 15.5. The number of aromatic nitrogens is 3. The summed E-state index contributed by atoms with van der Waals surface area (Å²) in [5.74, 6) is 1.01. The van der Waals surface area contributed by atoms with Gasteiger partial charge in [0.15, 0.2) is 5.82 Å². The lowest BCUT2D eigenvalue weighted by molar-refractivity contribution is 0.562. The van der Waals surface area contributed by atoms with Gasteiger partial charge in [-0.1, -0.05) is 27.7 Å². The van der Waals surface area contributed by atoms with Crippen molar-refractivity contribution in [2.24, 2.45) is 0 Å². The number of nitrogens with zero attached hydrogens (tertiary/aromatic N) is 4. The molecule has 5 heteroatoms. The van der Waals surface area contributed by atoms with Crippen molar-refractivity contribution in [3.8, 4) is 0 Å². The quantitative estimate of drug-likeness (QED) is 0.830. The van der Waals surface area contributed by atoms with Gasteiger partial charge in [0.1, 0.15) is 5.52 Å². The molecule has 0 aliphatic carbocycles. The van der Waals surface area contributed by atoms with Crippen LogP contribution in [-0.2, 0) is 5.41 Å². The summed E-state index contributed by atoms with van der Waals surface area (Å²) in [5.41, 5.74) is 2.23. The smallest absolute Gasteiger partial charge is 0.154 e. The first kappa shape index (κ1) is 15.8. The van der Waals surface area contributed by atoms with Crippen LogP contribution >= 0.6 is 0 Å². The summed E-state index contributed by atoms with van der Waals surface area (Å²) in [6.45, 7) is 14.7. The lowest BCUT2D eigenvalue weighted by Gasteiger charge is -2.22. The molecule has 0 aliphatic rings. The standard InChI is InChI=1S/C16H27N5/c1-6-17-8-10-20(7-2)15-13-12-14(16(3,4)5)19-21(13)11-9-18-15/h9,11-12,17H,6-8,10H2,1-5H3. The van der Waals surface area contributed by atoms with E-state index in [0.717, 1.165) is 43.2 Å². The first-order valence-corrected chi connectivity index (χ1v) is 7.78. The molecule has 0 amide bonds. The molecule has 2 aromatic heterocycles. The van der Waals surface area contributed by atoms with E-state index in [1.165, 1.54) is 0 Å². The van der Waals surface area contributed by atoms with E-state index in [1.807, 2.05) is 16.9 Å². The molecule has 116 valence electrons. The van der Waals surface area contributed by atoms with Crippen molar-refractivity contribution in [2.75, 3.05) is 31.1 Å². The van der Waals surface area contributed by atoms with Crippen LogP contribution in [-0.4, -0.2) is 40.8 Å². The fourth-order valence-corrected chi connectivity index (χ4v) is 2.32. The molecule has 0 fully saturated rings. The molecule has 0 saturated carbocycles. The van der Waals surface area contributed by atoms with Gasteiger partial charge < -0.3 is 10.2 Å². The number of rotatable bonds is 6. The molecule has 2 aromatic rings. The minimum Gasteiger partial charge on any atom is -0.354 e. The van der Waals surface area contributed by atoms with Gasteiger partial charge in [-0.05, 0) is 19.5 Å². The highest BCUT2D eigenvalue weighted by molar-refractivity contribution is 5.69. The van der Waals surface area contributed by atoms with Crippen LogP contribution in [0.3, 0.4) is 0 Å². The molecule has 1 N–H and O–H groups in total. The largest absolute Gasteiger partial charge is 0.354 e. The number of nitrogens with one attached hydrogen (secondary N) is 1. The highest BCUT2D eigenvalue weighted by atomic mass is 15.3. The van der Waals surface area contributed by atoms with Gasteiger partial charge in [-0.2, -0.15) is 5.10 Å². The van der Waals surface area contributed by atoms with E-state index in [9.17, 15) is 0 Å². The Hall–Kier alpha value is -1.62. The summed E-state index contributed by atoms with van der Waals surface area (Å²) in [4.78, 5) is 6.89. The predicted molar refractivity (Wildman–Crippen MR) is 88.1 cm³/mol. The zero-order valence-corrected chi connectivity index (χ0v) is 13.8. The molecule has 0 radical (unpaired) electrons. The highest BCUT2D eigenvalue weighted by Gasteiger charge is 2.20.